The molecule has 0 saturated carbocycles. The highest BCUT2D eigenvalue weighted by molar-refractivity contribution is 5.87. The number of amides is 1. The Bertz CT molecular complexity index is 412. The van der Waals surface area contributed by atoms with Crippen LogP contribution in [-0.2, 0) is 6.42 Å². The Kier molecular flexibility index (Phi) is 2.86. The number of aryl methyl sites for hydroxylation is 1. The molecule has 1 aliphatic rings. The van der Waals surface area contributed by atoms with E-state index < -0.39 is 6.09 Å². The Morgan fingerprint density at radius 1 is 1.44 bits per heavy atom. The van der Waals surface area contributed by atoms with Gasteiger partial charge in [0, 0.05) is 6.54 Å². The SMILES string of the molecule is CC(C)c1ccc2c(c1)CCCN2C(=O)O. The third-order valence-corrected chi connectivity index (χ3v) is 3.12. The van der Waals surface area contributed by atoms with Crippen molar-refractivity contribution in [3.63, 3.8) is 0 Å². The molecule has 1 aromatic rings. The predicted molar refractivity (Wildman–Crippen MR) is 64.2 cm³/mol. The van der Waals surface area contributed by atoms with E-state index in [-0.39, 0.29) is 0 Å². The zero-order valence-electron chi connectivity index (χ0n) is 9.73. The molecule has 1 aromatic carbocycles. The number of hydrogen-bond acceptors (Lipinski definition) is 1. The highest BCUT2D eigenvalue weighted by atomic mass is 16.4. The lowest BCUT2D eigenvalue weighted by atomic mass is 9.95. The van der Waals surface area contributed by atoms with Crippen LogP contribution in [0.25, 0.3) is 0 Å². The van der Waals surface area contributed by atoms with Crippen LogP contribution in [0.1, 0.15) is 37.3 Å². The van der Waals surface area contributed by atoms with Crippen molar-refractivity contribution in [3.05, 3.63) is 29.3 Å². The standard InChI is InChI=1S/C13H17NO2/c1-9(2)10-5-6-12-11(8-10)4-3-7-14(12)13(15)16/h5-6,8-9H,3-4,7H2,1-2H3,(H,15,16). The number of fused-ring (bicyclic) bond motifs is 1. The van der Waals surface area contributed by atoms with Gasteiger partial charge < -0.3 is 5.11 Å². The van der Waals surface area contributed by atoms with Crippen LogP contribution in [0.3, 0.4) is 0 Å². The van der Waals surface area contributed by atoms with Gasteiger partial charge in [-0.3, -0.25) is 4.90 Å². The predicted octanol–water partition coefficient (Wildman–Crippen LogP) is 3.24. The largest absolute Gasteiger partial charge is 0.465 e. The van der Waals surface area contributed by atoms with Gasteiger partial charge in [-0.15, -0.1) is 0 Å². The second-order valence-corrected chi connectivity index (χ2v) is 4.58. The number of nitrogens with zero attached hydrogens (tertiary/aromatic N) is 1. The minimum absolute atomic E-state index is 0.491. The zero-order valence-corrected chi connectivity index (χ0v) is 9.73. The van der Waals surface area contributed by atoms with Crippen LogP contribution in [0.15, 0.2) is 18.2 Å². The van der Waals surface area contributed by atoms with Crippen LogP contribution >= 0.6 is 0 Å². The van der Waals surface area contributed by atoms with Crippen molar-refractivity contribution in [2.24, 2.45) is 0 Å². The number of benzene rings is 1. The summed E-state index contributed by atoms with van der Waals surface area (Å²) in [4.78, 5) is 12.5. The van der Waals surface area contributed by atoms with E-state index in [9.17, 15) is 4.79 Å². The van der Waals surface area contributed by atoms with Gasteiger partial charge in [-0.1, -0.05) is 26.0 Å². The van der Waals surface area contributed by atoms with Gasteiger partial charge in [0.05, 0.1) is 5.69 Å². The van der Waals surface area contributed by atoms with E-state index in [1.54, 1.807) is 0 Å². The molecular formula is C13H17NO2. The fourth-order valence-electron chi connectivity index (χ4n) is 2.17. The molecule has 0 radical (unpaired) electrons. The van der Waals surface area contributed by atoms with Crippen molar-refractivity contribution >= 4 is 11.8 Å². The molecule has 1 aliphatic heterocycles. The van der Waals surface area contributed by atoms with Gasteiger partial charge in [-0.05, 0) is 36.0 Å². The van der Waals surface area contributed by atoms with Gasteiger partial charge in [-0.2, -0.15) is 0 Å². The second kappa shape index (κ2) is 4.16. The summed E-state index contributed by atoms with van der Waals surface area (Å²) in [5.74, 6) is 0.491. The molecule has 16 heavy (non-hydrogen) atoms. The third-order valence-electron chi connectivity index (χ3n) is 3.12. The smallest absolute Gasteiger partial charge is 0.411 e. The van der Waals surface area contributed by atoms with E-state index in [2.05, 4.69) is 19.9 Å². The van der Waals surface area contributed by atoms with Gasteiger partial charge in [0.15, 0.2) is 0 Å². The third kappa shape index (κ3) is 1.90. The van der Waals surface area contributed by atoms with Crippen molar-refractivity contribution in [1.82, 2.24) is 0 Å². The number of carbonyl (C=O) groups is 1. The average Bonchev–Trinajstić information content (AvgIpc) is 2.27. The summed E-state index contributed by atoms with van der Waals surface area (Å²) in [6.45, 7) is 4.92. The number of hydrogen-bond donors (Lipinski definition) is 1. The lowest BCUT2D eigenvalue weighted by Gasteiger charge is -2.27. The molecule has 0 aliphatic carbocycles. The first-order valence-electron chi connectivity index (χ1n) is 5.73. The molecule has 0 aromatic heterocycles. The first kappa shape index (κ1) is 11.0. The second-order valence-electron chi connectivity index (χ2n) is 4.58. The van der Waals surface area contributed by atoms with Crippen molar-refractivity contribution in [2.45, 2.75) is 32.6 Å². The van der Waals surface area contributed by atoms with Gasteiger partial charge in [-0.25, -0.2) is 4.79 Å². The van der Waals surface area contributed by atoms with Crippen LogP contribution in [-0.4, -0.2) is 17.7 Å². The molecule has 0 saturated heterocycles. The topological polar surface area (TPSA) is 40.5 Å². The van der Waals surface area contributed by atoms with Crippen molar-refractivity contribution < 1.29 is 9.90 Å². The maximum absolute atomic E-state index is 11.1. The summed E-state index contributed by atoms with van der Waals surface area (Å²) >= 11 is 0. The molecule has 3 nitrogen and oxygen atoms in total. The molecule has 2 rings (SSSR count). The Hall–Kier alpha value is -1.51. The van der Waals surface area contributed by atoms with Crippen LogP contribution in [0, 0.1) is 0 Å². The molecule has 3 heteroatoms. The fraction of sp³-hybridized carbons (Fsp3) is 0.462. The van der Waals surface area contributed by atoms with E-state index in [0.717, 1.165) is 18.5 Å². The molecule has 86 valence electrons. The van der Waals surface area contributed by atoms with Crippen molar-refractivity contribution in [3.8, 4) is 0 Å². The molecule has 0 spiro atoms. The molecule has 1 heterocycles. The summed E-state index contributed by atoms with van der Waals surface area (Å²) < 4.78 is 0. The molecule has 0 bridgehead atoms. The fourth-order valence-corrected chi connectivity index (χ4v) is 2.17. The van der Waals surface area contributed by atoms with Gasteiger partial charge in [0.1, 0.15) is 0 Å². The highest BCUT2D eigenvalue weighted by Gasteiger charge is 2.22. The summed E-state index contributed by atoms with van der Waals surface area (Å²) in [5, 5.41) is 9.09. The van der Waals surface area contributed by atoms with E-state index in [1.165, 1.54) is 16.0 Å². The molecular weight excluding hydrogens is 202 g/mol. The number of carboxylic acid groups (broad SMARTS) is 1. The molecule has 1 N–H and O–H groups in total. The van der Waals surface area contributed by atoms with Crippen LogP contribution in [0.4, 0.5) is 10.5 Å². The minimum Gasteiger partial charge on any atom is -0.465 e. The van der Waals surface area contributed by atoms with E-state index in [4.69, 9.17) is 5.11 Å². The van der Waals surface area contributed by atoms with Crippen LogP contribution < -0.4 is 4.90 Å². The summed E-state index contributed by atoms with van der Waals surface area (Å²) in [7, 11) is 0. The Labute approximate surface area is 95.7 Å². The Balaban J connectivity index is 2.40. The summed E-state index contributed by atoms with van der Waals surface area (Å²) in [6.07, 6.45) is 1.05. The zero-order chi connectivity index (χ0) is 11.7. The summed E-state index contributed by atoms with van der Waals surface area (Å²) in [5.41, 5.74) is 3.31. The maximum atomic E-state index is 11.1. The van der Waals surface area contributed by atoms with E-state index in [0.29, 0.717) is 12.5 Å². The van der Waals surface area contributed by atoms with Gasteiger partial charge >= 0.3 is 6.09 Å². The quantitative estimate of drug-likeness (QED) is 0.787. The first-order valence-corrected chi connectivity index (χ1v) is 5.73. The lowest BCUT2D eigenvalue weighted by molar-refractivity contribution is 0.201. The van der Waals surface area contributed by atoms with Crippen LogP contribution in [0.2, 0.25) is 0 Å². The number of anilines is 1. The summed E-state index contributed by atoms with van der Waals surface area (Å²) in [6, 6.07) is 6.12. The van der Waals surface area contributed by atoms with E-state index in [1.807, 2.05) is 12.1 Å². The first-order chi connectivity index (χ1) is 7.59. The van der Waals surface area contributed by atoms with Gasteiger partial charge in [0.25, 0.3) is 0 Å². The van der Waals surface area contributed by atoms with Gasteiger partial charge in [0.2, 0.25) is 0 Å². The number of rotatable bonds is 1. The molecule has 0 atom stereocenters. The molecule has 1 amide bonds. The monoisotopic (exact) mass is 219 g/mol. The molecule has 0 unspecified atom stereocenters. The normalized spacial score (nSPS) is 15.1. The highest BCUT2D eigenvalue weighted by Crippen LogP contribution is 2.30. The van der Waals surface area contributed by atoms with Crippen LogP contribution in [0.5, 0.6) is 0 Å². The average molecular weight is 219 g/mol. The minimum atomic E-state index is -0.849. The van der Waals surface area contributed by atoms with Crippen molar-refractivity contribution in [2.75, 3.05) is 11.4 Å². The van der Waals surface area contributed by atoms with Crippen molar-refractivity contribution in [1.29, 1.82) is 0 Å². The Morgan fingerprint density at radius 2 is 2.19 bits per heavy atom. The lowest BCUT2D eigenvalue weighted by Crippen LogP contribution is -2.34. The molecule has 0 fully saturated rings. The Morgan fingerprint density at radius 3 is 2.81 bits per heavy atom. The van der Waals surface area contributed by atoms with E-state index >= 15 is 0 Å². The maximum Gasteiger partial charge on any atom is 0.411 e.